The molecular weight excluding hydrogens is 270 g/mol. The highest BCUT2D eigenvalue weighted by Gasteiger charge is 2.14. The van der Waals surface area contributed by atoms with E-state index in [0.717, 1.165) is 6.20 Å². The van der Waals surface area contributed by atoms with Crippen molar-refractivity contribution in [3.63, 3.8) is 0 Å². The van der Waals surface area contributed by atoms with Gasteiger partial charge in [0.2, 0.25) is 12.7 Å². The van der Waals surface area contributed by atoms with Crippen molar-refractivity contribution in [2.24, 2.45) is 0 Å². The van der Waals surface area contributed by atoms with Crippen molar-refractivity contribution >= 4 is 17.4 Å². The Kier molecular flexibility index (Phi) is 4.04. The third-order valence-electron chi connectivity index (χ3n) is 2.30. The minimum absolute atomic E-state index is 0.122. The lowest BCUT2D eigenvalue weighted by atomic mass is 10.3. The fourth-order valence-corrected chi connectivity index (χ4v) is 1.41. The van der Waals surface area contributed by atoms with E-state index in [0.29, 0.717) is 5.69 Å². The summed E-state index contributed by atoms with van der Waals surface area (Å²) >= 11 is 0. The molecule has 0 fully saturated rings. The molecule has 8 heteroatoms. The molecule has 0 radical (unpaired) electrons. The van der Waals surface area contributed by atoms with E-state index < -0.39 is 18.6 Å². The van der Waals surface area contributed by atoms with E-state index in [4.69, 9.17) is 5.73 Å². The van der Waals surface area contributed by atoms with Gasteiger partial charge in [0, 0.05) is 5.69 Å². The van der Waals surface area contributed by atoms with Gasteiger partial charge in [0.25, 0.3) is 5.91 Å². The van der Waals surface area contributed by atoms with Gasteiger partial charge in [-0.15, -0.1) is 0 Å². The number of carbonyl (C=O) groups is 1. The van der Waals surface area contributed by atoms with Crippen LogP contribution in [0.2, 0.25) is 0 Å². The second-order valence-corrected chi connectivity index (χ2v) is 3.66. The molecule has 0 atom stereocenters. The van der Waals surface area contributed by atoms with Crippen molar-refractivity contribution in [3.05, 3.63) is 42.0 Å². The topological polar surface area (TPSA) is 90.1 Å². The molecule has 1 aromatic carbocycles. The number of anilines is 2. The van der Waals surface area contributed by atoms with Gasteiger partial charge in [-0.3, -0.25) is 4.79 Å². The number of hydrogen-bond donors (Lipinski definition) is 2. The van der Waals surface area contributed by atoms with Gasteiger partial charge >= 0.3 is 0 Å². The van der Waals surface area contributed by atoms with E-state index in [1.807, 2.05) is 0 Å². The van der Waals surface area contributed by atoms with Gasteiger partial charge in [0.05, 0.1) is 6.20 Å². The molecule has 20 heavy (non-hydrogen) atoms. The highest BCUT2D eigenvalue weighted by atomic mass is 19.1. The Morgan fingerprint density at radius 2 is 2.05 bits per heavy atom. The van der Waals surface area contributed by atoms with E-state index in [9.17, 15) is 13.6 Å². The molecule has 0 aliphatic heterocycles. The summed E-state index contributed by atoms with van der Waals surface area (Å²) in [7, 11) is 0. The van der Waals surface area contributed by atoms with Crippen LogP contribution in [-0.4, -0.2) is 22.7 Å². The molecule has 1 heterocycles. The first-order valence-corrected chi connectivity index (χ1v) is 5.48. The van der Waals surface area contributed by atoms with Gasteiger partial charge < -0.3 is 15.8 Å². The molecule has 2 aromatic rings. The van der Waals surface area contributed by atoms with Crippen LogP contribution in [0, 0.1) is 5.82 Å². The average molecular weight is 280 g/mol. The number of ether oxygens (including phenoxy) is 1. The van der Waals surface area contributed by atoms with Crippen molar-refractivity contribution in [1.29, 1.82) is 0 Å². The standard InChI is InChI=1S/C12H10F2N4O2/c13-6-20-9-5-16-10(11(15)18-9)12(19)17-8-3-1-7(14)2-4-8/h1-5H,6H2,(H2,15,18)(H,17,19). The smallest absolute Gasteiger partial charge is 0.278 e. The molecule has 0 aliphatic rings. The normalized spacial score (nSPS) is 10.1. The molecule has 0 bridgehead atoms. The summed E-state index contributed by atoms with van der Waals surface area (Å²) in [6, 6.07) is 5.17. The molecule has 0 saturated carbocycles. The van der Waals surface area contributed by atoms with E-state index in [-0.39, 0.29) is 17.4 Å². The molecule has 0 aliphatic carbocycles. The molecule has 1 amide bonds. The summed E-state index contributed by atoms with van der Waals surface area (Å²) in [5, 5.41) is 2.47. The van der Waals surface area contributed by atoms with E-state index >= 15 is 0 Å². The molecule has 2 rings (SSSR count). The first kappa shape index (κ1) is 13.7. The Bertz CT molecular complexity index is 619. The largest absolute Gasteiger partial charge is 0.445 e. The molecule has 0 unspecified atom stereocenters. The van der Waals surface area contributed by atoms with Crippen LogP contribution in [0.15, 0.2) is 30.5 Å². The van der Waals surface area contributed by atoms with E-state index in [1.165, 1.54) is 24.3 Å². The highest BCUT2D eigenvalue weighted by molar-refractivity contribution is 6.05. The van der Waals surface area contributed by atoms with Crippen LogP contribution in [0.5, 0.6) is 5.88 Å². The Morgan fingerprint density at radius 3 is 2.65 bits per heavy atom. The number of nitrogens with one attached hydrogen (secondary N) is 1. The van der Waals surface area contributed by atoms with Gasteiger partial charge in [0.15, 0.2) is 11.5 Å². The number of alkyl halides is 1. The Labute approximate surface area is 112 Å². The summed E-state index contributed by atoms with van der Waals surface area (Å²) in [6.45, 7) is -1.07. The summed E-state index contributed by atoms with van der Waals surface area (Å²) in [5.41, 5.74) is 5.77. The number of benzene rings is 1. The lowest BCUT2D eigenvalue weighted by molar-refractivity contribution is 0.102. The number of nitrogens with zero attached hydrogens (tertiary/aromatic N) is 2. The zero-order valence-corrected chi connectivity index (χ0v) is 10.1. The molecule has 1 aromatic heterocycles. The van der Waals surface area contributed by atoms with Crippen molar-refractivity contribution in [1.82, 2.24) is 9.97 Å². The third kappa shape index (κ3) is 3.16. The summed E-state index contributed by atoms with van der Waals surface area (Å²) in [6.07, 6.45) is 1.08. The molecule has 0 spiro atoms. The van der Waals surface area contributed by atoms with Gasteiger partial charge in [-0.1, -0.05) is 0 Å². The van der Waals surface area contributed by atoms with E-state index in [2.05, 4.69) is 20.0 Å². The summed E-state index contributed by atoms with van der Waals surface area (Å²) in [5.74, 6) is -1.36. The lowest BCUT2D eigenvalue weighted by Gasteiger charge is -2.07. The van der Waals surface area contributed by atoms with Gasteiger partial charge in [-0.2, -0.15) is 4.98 Å². The molecule has 0 saturated heterocycles. The molecule has 104 valence electrons. The van der Waals surface area contributed by atoms with Gasteiger partial charge in [-0.05, 0) is 24.3 Å². The van der Waals surface area contributed by atoms with Crippen LogP contribution in [-0.2, 0) is 0 Å². The maximum atomic E-state index is 12.7. The number of rotatable bonds is 4. The van der Waals surface area contributed by atoms with Crippen LogP contribution >= 0.6 is 0 Å². The minimum atomic E-state index is -1.07. The second kappa shape index (κ2) is 5.91. The number of hydrogen-bond acceptors (Lipinski definition) is 5. The quantitative estimate of drug-likeness (QED) is 0.890. The first-order chi connectivity index (χ1) is 9.60. The predicted molar refractivity (Wildman–Crippen MR) is 67.4 cm³/mol. The number of amides is 1. The second-order valence-electron chi connectivity index (χ2n) is 3.66. The van der Waals surface area contributed by atoms with Crippen LogP contribution in [0.3, 0.4) is 0 Å². The zero-order valence-electron chi connectivity index (χ0n) is 10.1. The van der Waals surface area contributed by atoms with Crippen LogP contribution < -0.4 is 15.8 Å². The number of aromatic nitrogens is 2. The highest BCUT2D eigenvalue weighted by Crippen LogP contribution is 2.14. The van der Waals surface area contributed by atoms with Crippen molar-refractivity contribution < 1.29 is 18.3 Å². The van der Waals surface area contributed by atoms with Gasteiger partial charge in [-0.25, -0.2) is 13.8 Å². The number of nitrogens with two attached hydrogens (primary N) is 1. The number of nitrogen functional groups attached to an aromatic ring is 1. The zero-order chi connectivity index (χ0) is 14.5. The number of halogens is 2. The lowest BCUT2D eigenvalue weighted by Crippen LogP contribution is -2.17. The maximum absolute atomic E-state index is 12.7. The van der Waals surface area contributed by atoms with Crippen LogP contribution in [0.1, 0.15) is 10.5 Å². The minimum Gasteiger partial charge on any atom is -0.445 e. The summed E-state index contributed by atoms with van der Waals surface area (Å²) in [4.78, 5) is 19.3. The van der Waals surface area contributed by atoms with Crippen molar-refractivity contribution in [3.8, 4) is 5.88 Å². The first-order valence-electron chi connectivity index (χ1n) is 5.48. The number of carbonyl (C=O) groups excluding carboxylic acids is 1. The monoisotopic (exact) mass is 280 g/mol. The Balaban J connectivity index is 2.14. The summed E-state index contributed by atoms with van der Waals surface area (Å²) < 4.78 is 29.1. The van der Waals surface area contributed by atoms with Gasteiger partial charge in [0.1, 0.15) is 5.82 Å². The SMILES string of the molecule is Nc1nc(OCF)cnc1C(=O)Nc1ccc(F)cc1. The Hall–Kier alpha value is -2.77. The average Bonchev–Trinajstić information content (AvgIpc) is 2.42. The Morgan fingerprint density at radius 1 is 1.35 bits per heavy atom. The predicted octanol–water partition coefficient (Wildman–Crippen LogP) is 1.76. The van der Waals surface area contributed by atoms with Crippen LogP contribution in [0.25, 0.3) is 0 Å². The maximum Gasteiger partial charge on any atom is 0.278 e. The van der Waals surface area contributed by atoms with Crippen molar-refractivity contribution in [2.45, 2.75) is 0 Å². The molecule has 3 N–H and O–H groups in total. The third-order valence-corrected chi connectivity index (χ3v) is 2.30. The van der Waals surface area contributed by atoms with E-state index in [1.54, 1.807) is 0 Å². The fourth-order valence-electron chi connectivity index (χ4n) is 1.41. The molecular formula is C12H10F2N4O2. The fraction of sp³-hybridized carbons (Fsp3) is 0.0833. The molecule has 6 nitrogen and oxygen atoms in total. The van der Waals surface area contributed by atoms with Crippen LogP contribution in [0.4, 0.5) is 20.3 Å². The van der Waals surface area contributed by atoms with Crippen molar-refractivity contribution in [2.75, 3.05) is 17.9 Å².